The van der Waals surface area contributed by atoms with Crippen LogP contribution in [0, 0.1) is 0 Å². The van der Waals surface area contributed by atoms with Gasteiger partial charge >= 0.3 is 0 Å². The lowest BCUT2D eigenvalue weighted by Crippen LogP contribution is -2.21. The Kier molecular flexibility index (Phi) is 7.27. The fourth-order valence-corrected chi connectivity index (χ4v) is 3.03. The van der Waals surface area contributed by atoms with E-state index in [2.05, 4.69) is 24.5 Å². The summed E-state index contributed by atoms with van der Waals surface area (Å²) >= 11 is 0. The predicted molar refractivity (Wildman–Crippen MR) is 122 cm³/mol. The first-order valence-corrected chi connectivity index (χ1v) is 10.0. The predicted octanol–water partition coefficient (Wildman–Crippen LogP) is 5.09. The molecule has 3 rings (SSSR count). The van der Waals surface area contributed by atoms with Gasteiger partial charge in [0.15, 0.2) is 6.61 Å². The maximum atomic E-state index is 12.4. The minimum Gasteiger partial charge on any atom is -0.497 e. The van der Waals surface area contributed by atoms with Crippen LogP contribution in [0.1, 0.15) is 35.7 Å². The number of para-hydroxylation sites is 1. The van der Waals surface area contributed by atoms with Crippen LogP contribution in [0.15, 0.2) is 72.8 Å². The highest BCUT2D eigenvalue weighted by molar-refractivity contribution is 6.04. The quantitative estimate of drug-likeness (QED) is 0.534. The molecule has 0 aliphatic heterocycles. The zero-order valence-electron chi connectivity index (χ0n) is 17.8. The van der Waals surface area contributed by atoms with Gasteiger partial charge in [0.25, 0.3) is 11.8 Å². The van der Waals surface area contributed by atoms with Gasteiger partial charge < -0.3 is 20.1 Å². The number of amides is 2. The van der Waals surface area contributed by atoms with E-state index in [1.54, 1.807) is 55.6 Å². The molecule has 0 saturated heterocycles. The summed E-state index contributed by atoms with van der Waals surface area (Å²) in [7, 11) is 1.59. The molecule has 6 nitrogen and oxygen atoms in total. The molecule has 0 heterocycles. The van der Waals surface area contributed by atoms with E-state index in [0.717, 1.165) is 17.0 Å². The zero-order chi connectivity index (χ0) is 22.2. The molecule has 6 heteroatoms. The Labute approximate surface area is 182 Å². The number of hydrogen-bond donors (Lipinski definition) is 2. The van der Waals surface area contributed by atoms with Crippen LogP contribution in [0.3, 0.4) is 0 Å². The number of anilines is 2. The maximum Gasteiger partial charge on any atom is 0.262 e. The van der Waals surface area contributed by atoms with Crippen molar-refractivity contribution >= 4 is 23.2 Å². The normalized spacial score (nSPS) is 10.5. The van der Waals surface area contributed by atoms with Crippen molar-refractivity contribution in [2.24, 2.45) is 0 Å². The van der Waals surface area contributed by atoms with Crippen LogP contribution in [0.4, 0.5) is 11.4 Å². The number of carbonyl (C=O) groups is 2. The molecule has 31 heavy (non-hydrogen) atoms. The van der Waals surface area contributed by atoms with Crippen molar-refractivity contribution in [2.75, 3.05) is 24.4 Å². The van der Waals surface area contributed by atoms with Crippen LogP contribution in [0.2, 0.25) is 0 Å². The summed E-state index contributed by atoms with van der Waals surface area (Å²) < 4.78 is 10.7. The molecule has 0 spiro atoms. The zero-order valence-corrected chi connectivity index (χ0v) is 17.8. The number of nitrogens with one attached hydrogen (secondary N) is 2. The molecular formula is C25H26N2O4. The average molecular weight is 418 g/mol. The summed E-state index contributed by atoms with van der Waals surface area (Å²) in [5.74, 6) is 1.05. The third kappa shape index (κ3) is 6.09. The summed E-state index contributed by atoms with van der Waals surface area (Å²) in [6.45, 7) is 4.03. The van der Waals surface area contributed by atoms with Crippen LogP contribution in [0.25, 0.3) is 0 Å². The largest absolute Gasteiger partial charge is 0.497 e. The molecule has 0 radical (unpaired) electrons. The number of rotatable bonds is 8. The Morgan fingerprint density at radius 2 is 1.48 bits per heavy atom. The number of carbonyl (C=O) groups excluding carboxylic acids is 2. The Morgan fingerprint density at radius 3 is 2.13 bits per heavy atom. The van der Waals surface area contributed by atoms with E-state index in [1.807, 2.05) is 24.3 Å². The van der Waals surface area contributed by atoms with Crippen molar-refractivity contribution in [3.05, 3.63) is 83.9 Å². The highest BCUT2D eigenvalue weighted by Gasteiger charge is 2.11. The molecule has 2 amide bonds. The van der Waals surface area contributed by atoms with E-state index in [-0.39, 0.29) is 18.4 Å². The van der Waals surface area contributed by atoms with E-state index in [0.29, 0.717) is 22.9 Å². The van der Waals surface area contributed by atoms with Crippen molar-refractivity contribution in [1.82, 2.24) is 0 Å². The minimum atomic E-state index is -0.241. The Balaban J connectivity index is 1.53. The summed E-state index contributed by atoms with van der Waals surface area (Å²) in [5, 5.41) is 5.71. The van der Waals surface area contributed by atoms with Crippen molar-refractivity contribution in [1.29, 1.82) is 0 Å². The topological polar surface area (TPSA) is 76.7 Å². The van der Waals surface area contributed by atoms with Gasteiger partial charge in [-0.15, -0.1) is 0 Å². The number of hydrogen-bond acceptors (Lipinski definition) is 4. The van der Waals surface area contributed by atoms with E-state index in [4.69, 9.17) is 9.47 Å². The molecule has 0 unspecified atom stereocenters. The first-order chi connectivity index (χ1) is 15.0. The van der Waals surface area contributed by atoms with Gasteiger partial charge in [-0.25, -0.2) is 0 Å². The molecule has 0 bridgehead atoms. The highest BCUT2D eigenvalue weighted by Crippen LogP contribution is 2.23. The Hall–Kier alpha value is -3.80. The lowest BCUT2D eigenvalue weighted by Gasteiger charge is -2.14. The number of benzene rings is 3. The van der Waals surface area contributed by atoms with Gasteiger partial charge in [0, 0.05) is 16.9 Å². The first kappa shape index (κ1) is 21.9. The van der Waals surface area contributed by atoms with Gasteiger partial charge in [0.2, 0.25) is 0 Å². The third-order valence-corrected chi connectivity index (χ3v) is 4.69. The van der Waals surface area contributed by atoms with E-state index < -0.39 is 0 Å². The molecule has 160 valence electrons. The molecule has 3 aromatic rings. The molecular weight excluding hydrogens is 392 g/mol. The van der Waals surface area contributed by atoms with Crippen molar-refractivity contribution in [3.8, 4) is 11.5 Å². The molecule has 0 aliphatic rings. The first-order valence-electron chi connectivity index (χ1n) is 10.0. The molecule has 0 saturated carbocycles. The standard InChI is InChI=1S/C25H26N2O4/c1-17(2)22-6-4-5-7-23(22)27-24(28)16-31-21-12-8-18(9-13-21)25(29)26-19-10-14-20(30-3)15-11-19/h4-15,17H,16H2,1-3H3,(H,26,29)(H,27,28). The maximum absolute atomic E-state index is 12.4. The SMILES string of the molecule is COc1ccc(NC(=O)c2ccc(OCC(=O)Nc3ccccc3C(C)C)cc2)cc1. The second-order valence-corrected chi connectivity index (χ2v) is 7.29. The molecule has 2 N–H and O–H groups in total. The summed E-state index contributed by atoms with van der Waals surface area (Å²) in [6.07, 6.45) is 0. The highest BCUT2D eigenvalue weighted by atomic mass is 16.5. The van der Waals surface area contributed by atoms with Crippen LogP contribution in [-0.4, -0.2) is 25.5 Å². The monoisotopic (exact) mass is 418 g/mol. The van der Waals surface area contributed by atoms with Gasteiger partial charge in [-0.1, -0.05) is 32.0 Å². The fraction of sp³-hybridized carbons (Fsp3) is 0.200. The second kappa shape index (κ2) is 10.3. The van der Waals surface area contributed by atoms with Crippen molar-refractivity contribution < 1.29 is 19.1 Å². The van der Waals surface area contributed by atoms with Crippen LogP contribution in [0.5, 0.6) is 11.5 Å². The van der Waals surface area contributed by atoms with E-state index in [9.17, 15) is 9.59 Å². The summed E-state index contributed by atoms with van der Waals surface area (Å²) in [6, 6.07) is 21.4. The van der Waals surface area contributed by atoms with Crippen molar-refractivity contribution in [3.63, 3.8) is 0 Å². The minimum absolute atomic E-state index is 0.121. The Bertz CT molecular complexity index is 1030. The van der Waals surface area contributed by atoms with Gasteiger partial charge in [0.05, 0.1) is 7.11 Å². The molecule has 0 atom stereocenters. The second-order valence-electron chi connectivity index (χ2n) is 7.29. The lowest BCUT2D eigenvalue weighted by molar-refractivity contribution is -0.118. The fourth-order valence-electron chi connectivity index (χ4n) is 3.03. The number of ether oxygens (including phenoxy) is 2. The van der Waals surface area contributed by atoms with Crippen molar-refractivity contribution in [2.45, 2.75) is 19.8 Å². The molecule has 0 aliphatic carbocycles. The van der Waals surface area contributed by atoms with Crippen LogP contribution < -0.4 is 20.1 Å². The third-order valence-electron chi connectivity index (χ3n) is 4.69. The molecule has 3 aromatic carbocycles. The summed E-state index contributed by atoms with van der Waals surface area (Å²) in [5.41, 5.74) is 3.02. The van der Waals surface area contributed by atoms with Gasteiger partial charge in [-0.05, 0) is 66.1 Å². The van der Waals surface area contributed by atoms with Gasteiger partial charge in [-0.2, -0.15) is 0 Å². The smallest absolute Gasteiger partial charge is 0.262 e. The molecule has 0 aromatic heterocycles. The lowest BCUT2D eigenvalue weighted by atomic mass is 10.0. The average Bonchev–Trinajstić information content (AvgIpc) is 2.78. The summed E-state index contributed by atoms with van der Waals surface area (Å²) in [4.78, 5) is 24.7. The van der Waals surface area contributed by atoms with E-state index in [1.165, 1.54) is 0 Å². The molecule has 0 fully saturated rings. The van der Waals surface area contributed by atoms with E-state index >= 15 is 0 Å². The van der Waals surface area contributed by atoms with Gasteiger partial charge in [0.1, 0.15) is 11.5 Å². The van der Waals surface area contributed by atoms with Crippen LogP contribution >= 0.6 is 0 Å². The van der Waals surface area contributed by atoms with Gasteiger partial charge in [-0.3, -0.25) is 9.59 Å². The van der Waals surface area contributed by atoms with Crippen LogP contribution in [-0.2, 0) is 4.79 Å². The Morgan fingerprint density at radius 1 is 0.839 bits per heavy atom. The number of methoxy groups -OCH3 is 1.